The Morgan fingerprint density at radius 2 is 2.17 bits per heavy atom. The van der Waals surface area contributed by atoms with Crippen molar-refractivity contribution in [3.05, 3.63) is 23.5 Å². The number of hydrogen-bond donors (Lipinski definition) is 2. The van der Waals surface area contributed by atoms with Crippen LogP contribution in [-0.2, 0) is 7.05 Å². The molecule has 0 aliphatic heterocycles. The minimum atomic E-state index is -0.0350. The zero-order valence-corrected chi connectivity index (χ0v) is 12.2. The third kappa shape index (κ3) is 4.35. The first kappa shape index (κ1) is 17.0. The highest BCUT2D eigenvalue weighted by Crippen LogP contribution is 2.07. The third-order valence-electron chi connectivity index (χ3n) is 3.13. The summed E-state index contributed by atoms with van der Waals surface area (Å²) in [4.78, 5) is 12.0. The minimum Gasteiger partial charge on any atom is -0.347 e. The van der Waals surface area contributed by atoms with Crippen molar-refractivity contribution in [3.8, 4) is 0 Å². The molecule has 0 aliphatic rings. The maximum atomic E-state index is 12.0. The highest BCUT2D eigenvalue weighted by Gasteiger charge is 2.14. The number of rotatable bonds is 6. The van der Waals surface area contributed by atoms with Crippen LogP contribution in [-0.4, -0.2) is 23.1 Å². The molecule has 1 unspecified atom stereocenters. The molecule has 18 heavy (non-hydrogen) atoms. The van der Waals surface area contributed by atoms with E-state index in [4.69, 9.17) is 5.73 Å². The van der Waals surface area contributed by atoms with Gasteiger partial charge in [0.25, 0.3) is 5.91 Å². The van der Waals surface area contributed by atoms with Crippen LogP contribution in [0.2, 0.25) is 0 Å². The Morgan fingerprint density at radius 1 is 1.50 bits per heavy atom. The number of aryl methyl sites for hydroxylation is 1. The Balaban J connectivity index is 0.00000289. The minimum absolute atomic E-state index is 0. The number of carbonyl (C=O) groups excluding carboxylic acids is 1. The first-order valence-electron chi connectivity index (χ1n) is 6.23. The van der Waals surface area contributed by atoms with Crippen LogP contribution in [0.5, 0.6) is 0 Å². The Labute approximate surface area is 115 Å². The molecule has 0 spiro atoms. The molecule has 5 heteroatoms. The molecule has 3 N–H and O–H groups in total. The van der Waals surface area contributed by atoms with E-state index < -0.39 is 0 Å². The molecule has 0 aromatic carbocycles. The van der Waals surface area contributed by atoms with Crippen molar-refractivity contribution in [1.29, 1.82) is 0 Å². The van der Waals surface area contributed by atoms with E-state index in [0.29, 0.717) is 12.2 Å². The van der Waals surface area contributed by atoms with E-state index in [1.165, 1.54) is 0 Å². The number of unbranched alkanes of at least 4 members (excludes halogenated alkanes) is 1. The molecule has 1 rings (SSSR count). The summed E-state index contributed by atoms with van der Waals surface area (Å²) in [6.45, 7) is 4.61. The van der Waals surface area contributed by atoms with Crippen LogP contribution >= 0.6 is 12.4 Å². The van der Waals surface area contributed by atoms with Gasteiger partial charge in [0.05, 0.1) is 0 Å². The van der Waals surface area contributed by atoms with Crippen molar-refractivity contribution in [1.82, 2.24) is 9.88 Å². The molecule has 0 aliphatic carbocycles. The molecular weight excluding hydrogens is 250 g/mol. The van der Waals surface area contributed by atoms with Gasteiger partial charge in [0.2, 0.25) is 0 Å². The molecule has 1 aromatic rings. The fourth-order valence-electron chi connectivity index (χ4n) is 1.80. The largest absolute Gasteiger partial charge is 0.347 e. The van der Waals surface area contributed by atoms with Crippen LogP contribution < -0.4 is 11.1 Å². The van der Waals surface area contributed by atoms with Gasteiger partial charge in [-0.05, 0) is 25.5 Å². The Hall–Kier alpha value is -1.00. The predicted molar refractivity (Wildman–Crippen MR) is 77.2 cm³/mol. The summed E-state index contributed by atoms with van der Waals surface area (Å²) in [6, 6.07) is 3.87. The van der Waals surface area contributed by atoms with E-state index in [2.05, 4.69) is 12.2 Å². The van der Waals surface area contributed by atoms with Gasteiger partial charge in [-0.15, -0.1) is 12.4 Å². The van der Waals surface area contributed by atoms with Gasteiger partial charge in [-0.3, -0.25) is 4.79 Å². The summed E-state index contributed by atoms with van der Waals surface area (Å²) < 4.78 is 1.89. The highest BCUT2D eigenvalue weighted by molar-refractivity contribution is 5.93. The lowest BCUT2D eigenvalue weighted by Crippen LogP contribution is -2.40. The standard InChI is InChI=1S/C13H23N3O.ClH/c1-4-5-6-11(9-14)15-13(17)12-8-7-10(2)16(12)3;/h7-8,11H,4-6,9,14H2,1-3H3,(H,15,17);1H. The second kappa shape index (κ2) is 8.16. The van der Waals surface area contributed by atoms with Gasteiger partial charge >= 0.3 is 0 Å². The SMILES string of the molecule is CCCCC(CN)NC(=O)c1ccc(C)n1C.Cl. The number of amides is 1. The van der Waals surface area contributed by atoms with E-state index >= 15 is 0 Å². The van der Waals surface area contributed by atoms with E-state index in [1.807, 2.05) is 30.7 Å². The molecule has 0 saturated carbocycles. The average Bonchev–Trinajstić information content (AvgIpc) is 2.65. The monoisotopic (exact) mass is 273 g/mol. The van der Waals surface area contributed by atoms with Crippen LogP contribution in [0.3, 0.4) is 0 Å². The van der Waals surface area contributed by atoms with Crippen LogP contribution in [0.15, 0.2) is 12.1 Å². The van der Waals surface area contributed by atoms with Crippen LogP contribution in [0.25, 0.3) is 0 Å². The van der Waals surface area contributed by atoms with E-state index in [9.17, 15) is 4.79 Å². The molecule has 4 nitrogen and oxygen atoms in total. The number of nitrogens with one attached hydrogen (secondary N) is 1. The zero-order chi connectivity index (χ0) is 12.8. The van der Waals surface area contributed by atoms with Crippen LogP contribution in [0.1, 0.15) is 42.4 Å². The van der Waals surface area contributed by atoms with Gasteiger partial charge in [-0.25, -0.2) is 0 Å². The summed E-state index contributed by atoms with van der Waals surface area (Å²) in [7, 11) is 1.90. The van der Waals surface area contributed by atoms with E-state index in [0.717, 1.165) is 25.0 Å². The Bertz CT molecular complexity index is 376. The molecular formula is C13H24ClN3O. The number of nitrogens with two attached hydrogens (primary N) is 1. The number of hydrogen-bond acceptors (Lipinski definition) is 2. The maximum absolute atomic E-state index is 12.0. The number of halogens is 1. The molecule has 1 heterocycles. The number of nitrogens with zero attached hydrogens (tertiary/aromatic N) is 1. The van der Waals surface area contributed by atoms with Gasteiger partial charge in [0, 0.05) is 25.3 Å². The summed E-state index contributed by atoms with van der Waals surface area (Å²) in [6.07, 6.45) is 3.16. The molecule has 0 radical (unpaired) electrons. The molecule has 1 atom stereocenters. The summed E-state index contributed by atoms with van der Waals surface area (Å²) in [5, 5.41) is 2.99. The quantitative estimate of drug-likeness (QED) is 0.833. The predicted octanol–water partition coefficient (Wildman–Crippen LogP) is 2.00. The summed E-state index contributed by atoms with van der Waals surface area (Å²) in [5.41, 5.74) is 7.43. The van der Waals surface area contributed by atoms with Crippen molar-refractivity contribution in [3.63, 3.8) is 0 Å². The van der Waals surface area contributed by atoms with Gasteiger partial charge in [0.1, 0.15) is 5.69 Å². The maximum Gasteiger partial charge on any atom is 0.268 e. The smallest absolute Gasteiger partial charge is 0.268 e. The first-order valence-corrected chi connectivity index (χ1v) is 6.23. The molecule has 104 valence electrons. The lowest BCUT2D eigenvalue weighted by atomic mass is 10.1. The van der Waals surface area contributed by atoms with E-state index in [-0.39, 0.29) is 24.4 Å². The molecule has 1 amide bonds. The van der Waals surface area contributed by atoms with Gasteiger partial charge in [-0.2, -0.15) is 0 Å². The van der Waals surface area contributed by atoms with Crippen molar-refractivity contribution >= 4 is 18.3 Å². The number of carbonyl (C=O) groups is 1. The summed E-state index contributed by atoms with van der Waals surface area (Å²) >= 11 is 0. The topological polar surface area (TPSA) is 60.0 Å². The molecule has 0 bridgehead atoms. The third-order valence-corrected chi connectivity index (χ3v) is 3.13. The zero-order valence-electron chi connectivity index (χ0n) is 11.4. The lowest BCUT2D eigenvalue weighted by Gasteiger charge is -2.16. The van der Waals surface area contributed by atoms with Crippen molar-refractivity contribution in [2.24, 2.45) is 12.8 Å². The number of aromatic nitrogens is 1. The van der Waals surface area contributed by atoms with Crippen LogP contribution in [0, 0.1) is 6.92 Å². The molecule has 0 saturated heterocycles. The normalized spacial score (nSPS) is 11.8. The fraction of sp³-hybridized carbons (Fsp3) is 0.615. The van der Waals surface area contributed by atoms with Crippen LogP contribution in [0.4, 0.5) is 0 Å². The second-order valence-electron chi connectivity index (χ2n) is 4.47. The highest BCUT2D eigenvalue weighted by atomic mass is 35.5. The van der Waals surface area contributed by atoms with Gasteiger partial charge in [0.15, 0.2) is 0 Å². The van der Waals surface area contributed by atoms with Crippen molar-refractivity contribution < 1.29 is 4.79 Å². The Morgan fingerprint density at radius 3 is 2.61 bits per heavy atom. The Kier molecular flexibility index (Phi) is 7.71. The van der Waals surface area contributed by atoms with Crippen molar-refractivity contribution in [2.45, 2.75) is 39.2 Å². The molecule has 0 fully saturated rings. The average molecular weight is 274 g/mol. The van der Waals surface area contributed by atoms with Gasteiger partial charge in [-0.1, -0.05) is 19.8 Å². The summed E-state index contributed by atoms with van der Waals surface area (Å²) in [5.74, 6) is -0.0350. The molecule has 1 aromatic heterocycles. The lowest BCUT2D eigenvalue weighted by molar-refractivity contribution is 0.0927. The van der Waals surface area contributed by atoms with Crippen molar-refractivity contribution in [2.75, 3.05) is 6.54 Å². The van der Waals surface area contributed by atoms with Gasteiger partial charge < -0.3 is 15.6 Å². The fourth-order valence-corrected chi connectivity index (χ4v) is 1.80. The van der Waals surface area contributed by atoms with E-state index in [1.54, 1.807) is 0 Å². The second-order valence-corrected chi connectivity index (χ2v) is 4.47. The first-order chi connectivity index (χ1) is 8.10.